The first-order chi connectivity index (χ1) is 11.2. The van der Waals surface area contributed by atoms with Crippen LogP contribution in [0.25, 0.3) is 27.8 Å². The van der Waals surface area contributed by atoms with Crippen LogP contribution < -0.4 is 5.56 Å². The maximum absolute atomic E-state index is 12.7. The number of nitrogens with one attached hydrogen (secondary N) is 1. The zero-order valence-corrected chi connectivity index (χ0v) is 12.7. The van der Waals surface area contributed by atoms with E-state index < -0.39 is 0 Å². The minimum atomic E-state index is -0.0901. The Balaban J connectivity index is 1.88. The van der Waals surface area contributed by atoms with Crippen LogP contribution in [0, 0.1) is 6.92 Å². The SMILES string of the molecule is Cc1ccc(-c2cnc3[nH]n(-c4ccccc4)c(=O)c3c2)cc1. The number of hydrogen-bond donors (Lipinski definition) is 1. The number of hydrogen-bond acceptors (Lipinski definition) is 2. The summed E-state index contributed by atoms with van der Waals surface area (Å²) in [7, 11) is 0. The highest BCUT2D eigenvalue weighted by molar-refractivity contribution is 5.80. The topological polar surface area (TPSA) is 50.7 Å². The molecule has 0 amide bonds. The summed E-state index contributed by atoms with van der Waals surface area (Å²) >= 11 is 0. The van der Waals surface area contributed by atoms with E-state index in [1.807, 2.05) is 48.5 Å². The van der Waals surface area contributed by atoms with Gasteiger partial charge < -0.3 is 0 Å². The molecule has 2 aromatic heterocycles. The van der Waals surface area contributed by atoms with E-state index in [-0.39, 0.29) is 5.56 Å². The molecule has 1 N–H and O–H groups in total. The monoisotopic (exact) mass is 301 g/mol. The van der Waals surface area contributed by atoms with Crippen molar-refractivity contribution < 1.29 is 0 Å². The van der Waals surface area contributed by atoms with Crippen molar-refractivity contribution in [2.45, 2.75) is 6.92 Å². The van der Waals surface area contributed by atoms with Gasteiger partial charge in [-0.25, -0.2) is 9.67 Å². The van der Waals surface area contributed by atoms with Gasteiger partial charge >= 0.3 is 0 Å². The van der Waals surface area contributed by atoms with E-state index in [0.29, 0.717) is 11.0 Å². The highest BCUT2D eigenvalue weighted by atomic mass is 16.1. The van der Waals surface area contributed by atoms with Crippen LogP contribution in [0.5, 0.6) is 0 Å². The number of aryl methyl sites for hydroxylation is 1. The maximum atomic E-state index is 12.7. The highest BCUT2D eigenvalue weighted by Crippen LogP contribution is 2.21. The Bertz CT molecular complexity index is 1030. The van der Waals surface area contributed by atoms with E-state index in [1.165, 1.54) is 10.2 Å². The summed E-state index contributed by atoms with van der Waals surface area (Å²) in [5.74, 6) is 0. The number of aromatic nitrogens is 3. The molecule has 0 aliphatic heterocycles. The van der Waals surface area contributed by atoms with Gasteiger partial charge in [-0.2, -0.15) is 0 Å². The molecule has 0 saturated heterocycles. The number of para-hydroxylation sites is 1. The molecule has 2 heterocycles. The fourth-order valence-corrected chi connectivity index (χ4v) is 2.66. The summed E-state index contributed by atoms with van der Waals surface area (Å²) < 4.78 is 1.52. The van der Waals surface area contributed by atoms with Crippen LogP contribution in [0.2, 0.25) is 0 Å². The number of nitrogens with zero attached hydrogens (tertiary/aromatic N) is 2. The summed E-state index contributed by atoms with van der Waals surface area (Å²) in [6.07, 6.45) is 1.79. The van der Waals surface area contributed by atoms with Gasteiger partial charge in [-0.3, -0.25) is 9.89 Å². The molecule has 0 aliphatic rings. The van der Waals surface area contributed by atoms with Crippen LogP contribution in [-0.2, 0) is 0 Å². The summed E-state index contributed by atoms with van der Waals surface area (Å²) in [5.41, 5.74) is 4.50. The first-order valence-electron chi connectivity index (χ1n) is 7.45. The van der Waals surface area contributed by atoms with Crippen molar-refractivity contribution in [2.75, 3.05) is 0 Å². The molecule has 0 unspecified atom stereocenters. The van der Waals surface area contributed by atoms with Gasteiger partial charge in [-0.05, 0) is 30.7 Å². The maximum Gasteiger partial charge on any atom is 0.280 e. The zero-order valence-electron chi connectivity index (χ0n) is 12.7. The van der Waals surface area contributed by atoms with Crippen LogP contribution in [-0.4, -0.2) is 14.8 Å². The van der Waals surface area contributed by atoms with E-state index in [9.17, 15) is 4.79 Å². The second kappa shape index (κ2) is 5.25. The lowest BCUT2D eigenvalue weighted by molar-refractivity contribution is 0.858. The van der Waals surface area contributed by atoms with Gasteiger partial charge in [0.15, 0.2) is 5.65 Å². The van der Waals surface area contributed by atoms with Crippen molar-refractivity contribution in [1.29, 1.82) is 0 Å². The Kier molecular flexibility index (Phi) is 3.08. The molecule has 0 atom stereocenters. The van der Waals surface area contributed by atoms with Gasteiger partial charge in [0.05, 0.1) is 11.1 Å². The molecular weight excluding hydrogens is 286 g/mol. The average Bonchev–Trinajstić information content (AvgIpc) is 2.93. The van der Waals surface area contributed by atoms with Gasteiger partial charge in [0, 0.05) is 11.8 Å². The summed E-state index contributed by atoms with van der Waals surface area (Å²) in [6, 6.07) is 19.6. The second-order valence-electron chi connectivity index (χ2n) is 5.57. The average molecular weight is 301 g/mol. The molecule has 0 radical (unpaired) electrons. The number of pyridine rings is 1. The Labute approximate surface area is 133 Å². The smallest absolute Gasteiger partial charge is 0.274 e. The molecular formula is C19H15N3O. The molecule has 0 bridgehead atoms. The van der Waals surface area contributed by atoms with E-state index in [4.69, 9.17) is 0 Å². The van der Waals surface area contributed by atoms with Gasteiger partial charge in [-0.15, -0.1) is 0 Å². The lowest BCUT2D eigenvalue weighted by Crippen LogP contribution is -2.13. The molecule has 4 rings (SSSR count). The number of H-pyrrole nitrogens is 1. The Morgan fingerprint density at radius 2 is 1.70 bits per heavy atom. The van der Waals surface area contributed by atoms with E-state index >= 15 is 0 Å². The quantitative estimate of drug-likeness (QED) is 0.614. The van der Waals surface area contributed by atoms with Crippen LogP contribution in [0.15, 0.2) is 71.7 Å². The minimum absolute atomic E-state index is 0.0901. The van der Waals surface area contributed by atoms with Crippen molar-refractivity contribution in [3.8, 4) is 16.8 Å². The third kappa shape index (κ3) is 2.34. The lowest BCUT2D eigenvalue weighted by Gasteiger charge is -2.01. The summed E-state index contributed by atoms with van der Waals surface area (Å²) in [4.78, 5) is 17.1. The molecule has 0 spiro atoms. The summed E-state index contributed by atoms with van der Waals surface area (Å²) in [6.45, 7) is 2.05. The van der Waals surface area contributed by atoms with Gasteiger partial charge in [-0.1, -0.05) is 48.0 Å². The lowest BCUT2D eigenvalue weighted by atomic mass is 10.1. The Hall–Kier alpha value is -3.14. The van der Waals surface area contributed by atoms with Crippen molar-refractivity contribution >= 4 is 11.0 Å². The number of fused-ring (bicyclic) bond motifs is 1. The molecule has 2 aromatic carbocycles. The predicted molar refractivity (Wildman–Crippen MR) is 91.9 cm³/mol. The number of benzene rings is 2. The third-order valence-corrected chi connectivity index (χ3v) is 3.94. The Morgan fingerprint density at radius 1 is 0.957 bits per heavy atom. The Morgan fingerprint density at radius 3 is 2.43 bits per heavy atom. The van der Waals surface area contributed by atoms with E-state index in [1.54, 1.807) is 6.20 Å². The van der Waals surface area contributed by atoms with Gasteiger partial charge in [0.1, 0.15) is 0 Å². The van der Waals surface area contributed by atoms with E-state index in [0.717, 1.165) is 16.8 Å². The fourth-order valence-electron chi connectivity index (χ4n) is 2.66. The molecule has 0 fully saturated rings. The zero-order chi connectivity index (χ0) is 15.8. The van der Waals surface area contributed by atoms with E-state index in [2.05, 4.69) is 29.1 Å². The predicted octanol–water partition coefficient (Wildman–Crippen LogP) is 3.69. The minimum Gasteiger partial charge on any atom is -0.274 e. The first kappa shape index (κ1) is 13.5. The van der Waals surface area contributed by atoms with Crippen molar-refractivity contribution in [2.24, 2.45) is 0 Å². The molecule has 112 valence electrons. The van der Waals surface area contributed by atoms with Crippen LogP contribution in [0.4, 0.5) is 0 Å². The standard InChI is InChI=1S/C19H15N3O/c1-13-7-9-14(10-8-13)15-11-17-18(20-12-15)21-22(19(17)23)16-5-3-2-4-6-16/h2-12H,1H3,(H,20,21). The molecule has 23 heavy (non-hydrogen) atoms. The fraction of sp³-hybridized carbons (Fsp3) is 0.0526. The van der Waals surface area contributed by atoms with Crippen LogP contribution >= 0.6 is 0 Å². The van der Waals surface area contributed by atoms with Crippen LogP contribution in [0.3, 0.4) is 0 Å². The molecule has 0 aliphatic carbocycles. The number of aromatic amines is 1. The molecule has 4 aromatic rings. The van der Waals surface area contributed by atoms with Crippen molar-refractivity contribution in [3.63, 3.8) is 0 Å². The van der Waals surface area contributed by atoms with Crippen molar-refractivity contribution in [3.05, 3.63) is 82.8 Å². The van der Waals surface area contributed by atoms with Gasteiger partial charge in [0.2, 0.25) is 0 Å². The van der Waals surface area contributed by atoms with Crippen molar-refractivity contribution in [1.82, 2.24) is 14.8 Å². The third-order valence-electron chi connectivity index (χ3n) is 3.94. The van der Waals surface area contributed by atoms with Crippen LogP contribution in [0.1, 0.15) is 5.56 Å². The highest BCUT2D eigenvalue weighted by Gasteiger charge is 2.10. The molecule has 4 heteroatoms. The molecule has 0 saturated carbocycles. The summed E-state index contributed by atoms with van der Waals surface area (Å²) in [5, 5.41) is 3.65. The molecule has 4 nitrogen and oxygen atoms in total. The number of rotatable bonds is 2. The normalized spacial score (nSPS) is 11.0. The van der Waals surface area contributed by atoms with Gasteiger partial charge in [0.25, 0.3) is 5.56 Å². The first-order valence-corrected chi connectivity index (χ1v) is 7.45. The second-order valence-corrected chi connectivity index (χ2v) is 5.57. The largest absolute Gasteiger partial charge is 0.280 e.